The van der Waals surface area contributed by atoms with E-state index in [0.29, 0.717) is 41.9 Å². The van der Waals surface area contributed by atoms with E-state index in [0.717, 1.165) is 17.3 Å². The molecule has 0 spiro atoms. The van der Waals surface area contributed by atoms with Crippen molar-refractivity contribution in [2.75, 3.05) is 50.1 Å². The normalized spacial score (nSPS) is 18.3. The Hall–Kier alpha value is -2.94. The summed E-state index contributed by atoms with van der Waals surface area (Å²) < 4.78 is 39.0. The van der Waals surface area contributed by atoms with Crippen LogP contribution in [-0.2, 0) is 11.0 Å². The van der Waals surface area contributed by atoms with E-state index in [-0.39, 0.29) is 5.91 Å². The van der Waals surface area contributed by atoms with E-state index < -0.39 is 11.7 Å². The van der Waals surface area contributed by atoms with Crippen molar-refractivity contribution in [1.29, 1.82) is 0 Å². The molecule has 2 heterocycles. The Morgan fingerprint density at radius 3 is 2.28 bits per heavy atom. The van der Waals surface area contributed by atoms with Crippen LogP contribution in [0.25, 0.3) is 6.08 Å². The third kappa shape index (κ3) is 4.93. The first kappa shape index (κ1) is 22.3. The zero-order valence-corrected chi connectivity index (χ0v) is 18.6. The molecule has 4 rings (SSSR count). The van der Waals surface area contributed by atoms with Gasteiger partial charge in [-0.15, -0.1) is 0 Å². The van der Waals surface area contributed by atoms with Gasteiger partial charge in [0, 0.05) is 51.6 Å². The van der Waals surface area contributed by atoms with Crippen LogP contribution in [-0.4, -0.2) is 56.2 Å². The van der Waals surface area contributed by atoms with Crippen molar-refractivity contribution >= 4 is 40.3 Å². The lowest BCUT2D eigenvalue weighted by molar-refractivity contribution is -0.137. The van der Waals surface area contributed by atoms with E-state index in [1.165, 1.54) is 23.9 Å². The van der Waals surface area contributed by atoms with Gasteiger partial charge in [0.2, 0.25) is 0 Å². The summed E-state index contributed by atoms with van der Waals surface area (Å²) in [6.45, 7) is 2.28. The summed E-state index contributed by atoms with van der Waals surface area (Å²) in [5, 5.41) is 0.648. The van der Waals surface area contributed by atoms with Crippen LogP contribution >= 0.6 is 11.8 Å². The summed E-state index contributed by atoms with van der Waals surface area (Å²) in [4.78, 5) is 23.1. The number of aliphatic imine (C=N–C) groups is 1. The number of nitrogens with zero attached hydrogens (tertiary/aromatic N) is 4. The van der Waals surface area contributed by atoms with Crippen LogP contribution in [0.4, 0.5) is 24.5 Å². The van der Waals surface area contributed by atoms with Crippen molar-refractivity contribution in [2.24, 2.45) is 4.99 Å². The predicted molar refractivity (Wildman–Crippen MR) is 124 cm³/mol. The summed E-state index contributed by atoms with van der Waals surface area (Å²) in [5.74, 6) is -0.262. The highest BCUT2D eigenvalue weighted by atomic mass is 32.2. The standard InChI is InChI=1S/C23H23F3N4OS/c1-28(2)18-8-6-16(7-9-18)14-20-21(31)27-22(32-20)30-12-10-29(11-13-30)19-5-3-4-17(15-19)23(24,25)26/h3-9,14-15H,10-13H2,1-2H3/b20-14-. The van der Waals surface area contributed by atoms with E-state index in [4.69, 9.17) is 0 Å². The first-order valence-electron chi connectivity index (χ1n) is 10.2. The van der Waals surface area contributed by atoms with E-state index in [1.54, 1.807) is 6.07 Å². The molecular weight excluding hydrogens is 437 g/mol. The topological polar surface area (TPSA) is 39.1 Å². The fourth-order valence-corrected chi connectivity index (χ4v) is 4.55. The minimum Gasteiger partial charge on any atom is -0.378 e. The van der Waals surface area contributed by atoms with Gasteiger partial charge in [0.25, 0.3) is 5.91 Å². The Morgan fingerprint density at radius 1 is 1.00 bits per heavy atom. The summed E-state index contributed by atoms with van der Waals surface area (Å²) in [5.41, 5.74) is 1.91. The Balaban J connectivity index is 1.38. The second-order valence-electron chi connectivity index (χ2n) is 7.82. The maximum Gasteiger partial charge on any atom is 0.416 e. The first-order valence-corrected chi connectivity index (χ1v) is 11.0. The van der Waals surface area contributed by atoms with Gasteiger partial charge in [-0.3, -0.25) is 4.79 Å². The lowest BCUT2D eigenvalue weighted by atomic mass is 10.1. The minimum atomic E-state index is -4.36. The third-order valence-corrected chi connectivity index (χ3v) is 6.45. The molecular formula is C23H23F3N4OS. The van der Waals surface area contributed by atoms with Gasteiger partial charge in [-0.2, -0.15) is 18.2 Å². The number of amidine groups is 1. The van der Waals surface area contributed by atoms with Crippen molar-refractivity contribution in [3.05, 3.63) is 64.6 Å². The Bertz CT molecular complexity index is 1060. The number of thioether (sulfide) groups is 1. The molecule has 2 aromatic rings. The summed E-state index contributed by atoms with van der Waals surface area (Å²) >= 11 is 1.34. The molecule has 0 aromatic heterocycles. The molecule has 1 saturated heterocycles. The van der Waals surface area contributed by atoms with Crippen LogP contribution in [0.2, 0.25) is 0 Å². The zero-order chi connectivity index (χ0) is 22.9. The van der Waals surface area contributed by atoms with Gasteiger partial charge in [-0.05, 0) is 53.7 Å². The second kappa shape index (κ2) is 8.90. The van der Waals surface area contributed by atoms with Crippen LogP contribution in [0.3, 0.4) is 0 Å². The molecule has 9 heteroatoms. The van der Waals surface area contributed by atoms with E-state index >= 15 is 0 Å². The average Bonchev–Trinajstić information content (AvgIpc) is 3.14. The van der Waals surface area contributed by atoms with Gasteiger partial charge < -0.3 is 14.7 Å². The van der Waals surface area contributed by atoms with Gasteiger partial charge in [-0.25, -0.2) is 0 Å². The van der Waals surface area contributed by atoms with Crippen LogP contribution in [0.5, 0.6) is 0 Å². The lowest BCUT2D eigenvalue weighted by Crippen LogP contribution is -2.47. The summed E-state index contributed by atoms with van der Waals surface area (Å²) in [7, 11) is 3.94. The van der Waals surface area contributed by atoms with Crippen molar-refractivity contribution < 1.29 is 18.0 Å². The number of carbonyl (C=O) groups excluding carboxylic acids is 1. The maximum absolute atomic E-state index is 13.0. The number of carbonyl (C=O) groups is 1. The number of benzene rings is 2. The monoisotopic (exact) mass is 460 g/mol. The molecule has 0 saturated carbocycles. The van der Waals surface area contributed by atoms with E-state index in [2.05, 4.69) is 4.99 Å². The van der Waals surface area contributed by atoms with Gasteiger partial charge in [0.05, 0.1) is 10.5 Å². The molecule has 1 fully saturated rings. The Morgan fingerprint density at radius 2 is 1.66 bits per heavy atom. The number of hydrogen-bond acceptors (Lipinski definition) is 5. The molecule has 5 nitrogen and oxygen atoms in total. The molecule has 32 heavy (non-hydrogen) atoms. The molecule has 0 aliphatic carbocycles. The fraction of sp³-hybridized carbons (Fsp3) is 0.304. The highest BCUT2D eigenvalue weighted by Gasteiger charge is 2.32. The number of anilines is 2. The quantitative estimate of drug-likeness (QED) is 0.628. The molecule has 0 N–H and O–H groups in total. The number of hydrogen-bond donors (Lipinski definition) is 0. The van der Waals surface area contributed by atoms with Crippen LogP contribution in [0.15, 0.2) is 58.4 Å². The molecule has 168 valence electrons. The lowest BCUT2D eigenvalue weighted by Gasteiger charge is -2.36. The number of halogens is 3. The van der Waals surface area contributed by atoms with E-state index in [1.807, 2.05) is 59.1 Å². The minimum absolute atomic E-state index is 0.262. The largest absolute Gasteiger partial charge is 0.416 e. The smallest absolute Gasteiger partial charge is 0.378 e. The van der Waals surface area contributed by atoms with Crippen LogP contribution in [0, 0.1) is 0 Å². The van der Waals surface area contributed by atoms with Crippen molar-refractivity contribution in [1.82, 2.24) is 4.90 Å². The number of piperazine rings is 1. The highest BCUT2D eigenvalue weighted by molar-refractivity contribution is 8.18. The summed E-state index contributed by atoms with van der Waals surface area (Å²) in [6, 6.07) is 13.3. The summed E-state index contributed by atoms with van der Waals surface area (Å²) in [6.07, 6.45) is -2.52. The van der Waals surface area contributed by atoms with Crippen molar-refractivity contribution in [2.45, 2.75) is 6.18 Å². The Kier molecular flexibility index (Phi) is 6.19. The van der Waals surface area contributed by atoms with Crippen molar-refractivity contribution in [3.8, 4) is 0 Å². The van der Waals surface area contributed by atoms with Crippen LogP contribution in [0.1, 0.15) is 11.1 Å². The molecule has 0 bridgehead atoms. The first-order chi connectivity index (χ1) is 15.2. The van der Waals surface area contributed by atoms with Gasteiger partial charge in [0.1, 0.15) is 0 Å². The third-order valence-electron chi connectivity index (χ3n) is 5.41. The second-order valence-corrected chi connectivity index (χ2v) is 8.83. The Labute approximate surface area is 189 Å². The number of amides is 1. The fourth-order valence-electron chi connectivity index (χ4n) is 3.59. The van der Waals surface area contributed by atoms with Crippen LogP contribution < -0.4 is 9.80 Å². The van der Waals surface area contributed by atoms with Gasteiger partial charge in [0.15, 0.2) is 5.17 Å². The maximum atomic E-state index is 13.0. The number of alkyl halides is 3. The van der Waals surface area contributed by atoms with Gasteiger partial charge >= 0.3 is 6.18 Å². The molecule has 2 aromatic carbocycles. The van der Waals surface area contributed by atoms with Gasteiger partial charge in [-0.1, -0.05) is 18.2 Å². The molecule has 0 radical (unpaired) electrons. The molecule has 0 atom stereocenters. The van der Waals surface area contributed by atoms with E-state index in [9.17, 15) is 18.0 Å². The highest BCUT2D eigenvalue weighted by Crippen LogP contribution is 2.33. The SMILES string of the molecule is CN(C)c1ccc(/C=C2\SC(N3CCN(c4cccc(C(F)(F)F)c4)CC3)=NC2=O)cc1. The number of rotatable bonds is 3. The molecule has 2 aliphatic heterocycles. The van der Waals surface area contributed by atoms with Crippen molar-refractivity contribution in [3.63, 3.8) is 0 Å². The average molecular weight is 461 g/mol. The zero-order valence-electron chi connectivity index (χ0n) is 17.8. The predicted octanol–water partition coefficient (Wildman–Crippen LogP) is 4.56. The molecule has 2 aliphatic rings. The molecule has 0 unspecified atom stereocenters. The molecule has 1 amide bonds.